The second-order valence-corrected chi connectivity index (χ2v) is 11.8. The third-order valence-corrected chi connectivity index (χ3v) is 7.64. The van der Waals surface area contributed by atoms with Gasteiger partial charge in [0.15, 0.2) is 5.78 Å². The fourth-order valence-electron chi connectivity index (χ4n) is 4.86. The van der Waals surface area contributed by atoms with Crippen molar-refractivity contribution in [3.63, 3.8) is 0 Å². The molecule has 1 aromatic heterocycles. The van der Waals surface area contributed by atoms with Crippen LogP contribution in [0.1, 0.15) is 39.1 Å². The average molecular weight is 759 g/mol. The molecular formula is C38H47FN10O6. The van der Waals surface area contributed by atoms with Gasteiger partial charge in [-0.1, -0.05) is 47.6 Å². The zero-order valence-corrected chi connectivity index (χ0v) is 30.6. The van der Waals surface area contributed by atoms with E-state index in [4.69, 9.17) is 24.5 Å². The molecule has 0 aliphatic carbocycles. The van der Waals surface area contributed by atoms with Crippen LogP contribution in [0.3, 0.4) is 0 Å². The van der Waals surface area contributed by atoms with Crippen LogP contribution in [0.4, 0.5) is 27.9 Å². The minimum absolute atomic E-state index is 0.104. The van der Waals surface area contributed by atoms with Gasteiger partial charge in [-0.15, -0.1) is 0 Å². The SMILES string of the molecule is [N-]=[N+]=NCCOCCOCCNC(=O)c1ccc(Nc2nc(NCCOCCOCCCC(=O)c3ccccc3)nc(NCCc3ccc(F)cc3)n2)cc1. The maximum absolute atomic E-state index is 13.3. The Bertz CT molecular complexity index is 1760. The smallest absolute Gasteiger partial charge is 0.251 e. The summed E-state index contributed by atoms with van der Waals surface area (Å²) in [4.78, 5) is 40.9. The first kappa shape index (κ1) is 42.0. The molecule has 55 heavy (non-hydrogen) atoms. The Morgan fingerprint density at radius 3 is 1.98 bits per heavy atom. The van der Waals surface area contributed by atoms with E-state index in [2.05, 4.69) is 46.2 Å². The average Bonchev–Trinajstić information content (AvgIpc) is 3.20. The van der Waals surface area contributed by atoms with Gasteiger partial charge in [-0.05, 0) is 60.3 Å². The van der Waals surface area contributed by atoms with E-state index in [1.807, 2.05) is 30.3 Å². The molecular weight excluding hydrogens is 711 g/mol. The van der Waals surface area contributed by atoms with Crippen molar-refractivity contribution >= 4 is 35.2 Å². The van der Waals surface area contributed by atoms with Crippen LogP contribution in [0.15, 0.2) is 84.0 Å². The lowest BCUT2D eigenvalue weighted by Gasteiger charge is -2.12. The number of anilines is 4. The first-order valence-corrected chi connectivity index (χ1v) is 18.0. The summed E-state index contributed by atoms with van der Waals surface area (Å²) in [6, 6.07) is 22.4. The number of hydrogen-bond donors (Lipinski definition) is 4. The third-order valence-electron chi connectivity index (χ3n) is 7.64. The van der Waals surface area contributed by atoms with E-state index in [0.29, 0.717) is 120 Å². The number of Topliss-reactive ketones (excluding diaryl/α,β-unsaturated/α-hetero) is 1. The number of ketones is 1. The molecule has 0 fully saturated rings. The van der Waals surface area contributed by atoms with E-state index >= 15 is 0 Å². The molecule has 0 radical (unpaired) electrons. The number of benzene rings is 3. The lowest BCUT2D eigenvalue weighted by atomic mass is 10.1. The van der Waals surface area contributed by atoms with Gasteiger partial charge in [-0.2, -0.15) is 15.0 Å². The number of hydrogen-bond acceptors (Lipinski definition) is 13. The number of carbonyl (C=O) groups excluding carboxylic acids is 2. The summed E-state index contributed by atoms with van der Waals surface area (Å²) in [5.74, 6) is 0.499. The molecule has 16 nitrogen and oxygen atoms in total. The van der Waals surface area contributed by atoms with Crippen LogP contribution < -0.4 is 21.3 Å². The van der Waals surface area contributed by atoms with E-state index in [0.717, 1.165) is 5.56 Å². The molecule has 1 amide bonds. The molecule has 3 aromatic carbocycles. The van der Waals surface area contributed by atoms with Crippen LogP contribution in [0, 0.1) is 5.82 Å². The molecule has 0 saturated heterocycles. The number of amides is 1. The molecule has 17 heteroatoms. The molecule has 0 spiro atoms. The zero-order valence-electron chi connectivity index (χ0n) is 30.6. The molecule has 0 aliphatic rings. The van der Waals surface area contributed by atoms with E-state index in [1.165, 1.54) is 12.1 Å². The standard InChI is InChI=1S/C38H47FN10O6/c39-32-12-8-29(9-13-32)16-17-42-36-46-37(43-19-23-54-26-25-52-21-4-7-34(50)30-5-2-1-3-6-30)48-38(47-36)45-33-14-10-31(11-15-33)35(51)41-18-22-53-27-28-55-24-20-44-49-40/h1-3,5-6,8-15H,4,7,16-28H2,(H,41,51)(H3,42,43,45,46,47,48). The molecule has 0 unspecified atom stereocenters. The van der Waals surface area contributed by atoms with Gasteiger partial charge in [0.1, 0.15) is 5.82 Å². The molecule has 0 aliphatic heterocycles. The van der Waals surface area contributed by atoms with E-state index < -0.39 is 0 Å². The monoisotopic (exact) mass is 758 g/mol. The van der Waals surface area contributed by atoms with Crippen LogP contribution in [0.2, 0.25) is 0 Å². The van der Waals surface area contributed by atoms with Crippen molar-refractivity contribution in [2.45, 2.75) is 19.3 Å². The number of rotatable bonds is 28. The van der Waals surface area contributed by atoms with Crippen molar-refractivity contribution in [2.75, 3.05) is 95.0 Å². The van der Waals surface area contributed by atoms with Crippen molar-refractivity contribution in [3.8, 4) is 0 Å². The summed E-state index contributed by atoms with van der Waals surface area (Å²) >= 11 is 0. The Balaban J connectivity index is 1.19. The minimum atomic E-state index is -0.289. The van der Waals surface area contributed by atoms with Gasteiger partial charge >= 0.3 is 0 Å². The first-order chi connectivity index (χ1) is 27.0. The topological polar surface area (TPSA) is 207 Å². The number of aromatic nitrogens is 3. The highest BCUT2D eigenvalue weighted by Crippen LogP contribution is 2.17. The highest BCUT2D eigenvalue weighted by atomic mass is 19.1. The molecule has 1 heterocycles. The largest absolute Gasteiger partial charge is 0.379 e. The quantitative estimate of drug-likeness (QED) is 0.0184. The summed E-state index contributed by atoms with van der Waals surface area (Å²) in [7, 11) is 0. The summed E-state index contributed by atoms with van der Waals surface area (Å²) in [5.41, 5.74) is 11.0. The van der Waals surface area contributed by atoms with E-state index in [1.54, 1.807) is 36.4 Å². The second kappa shape index (κ2) is 25.3. The fourth-order valence-corrected chi connectivity index (χ4v) is 4.86. The normalized spacial score (nSPS) is 10.7. The Hall–Kier alpha value is -5.71. The summed E-state index contributed by atoms with van der Waals surface area (Å²) in [5, 5.41) is 15.7. The van der Waals surface area contributed by atoms with Gasteiger partial charge in [-0.3, -0.25) is 9.59 Å². The van der Waals surface area contributed by atoms with Crippen molar-refractivity contribution in [1.82, 2.24) is 20.3 Å². The first-order valence-electron chi connectivity index (χ1n) is 18.0. The van der Waals surface area contributed by atoms with Gasteiger partial charge < -0.3 is 40.2 Å². The molecule has 0 bridgehead atoms. The number of nitrogens with zero attached hydrogens (tertiary/aromatic N) is 6. The maximum Gasteiger partial charge on any atom is 0.251 e. The summed E-state index contributed by atoms with van der Waals surface area (Å²) in [6.45, 7) is 4.55. The molecule has 4 aromatic rings. The van der Waals surface area contributed by atoms with Gasteiger partial charge in [0.25, 0.3) is 5.91 Å². The molecule has 4 rings (SSSR count). The number of azide groups is 1. The number of carbonyl (C=O) groups is 2. The van der Waals surface area contributed by atoms with Crippen molar-refractivity contribution < 1.29 is 32.9 Å². The second-order valence-electron chi connectivity index (χ2n) is 11.8. The lowest BCUT2D eigenvalue weighted by molar-refractivity contribution is 0.0497. The number of halogens is 1. The fraction of sp³-hybridized carbons (Fsp3) is 0.395. The van der Waals surface area contributed by atoms with Crippen LogP contribution >= 0.6 is 0 Å². The van der Waals surface area contributed by atoms with Crippen LogP contribution in [-0.2, 0) is 25.4 Å². The van der Waals surface area contributed by atoms with Gasteiger partial charge in [0, 0.05) is 60.9 Å². The summed E-state index contributed by atoms with van der Waals surface area (Å²) < 4.78 is 35.3. The van der Waals surface area contributed by atoms with Gasteiger partial charge in [0.2, 0.25) is 17.8 Å². The zero-order chi connectivity index (χ0) is 38.8. The molecule has 292 valence electrons. The third kappa shape index (κ3) is 17.3. The van der Waals surface area contributed by atoms with E-state index in [-0.39, 0.29) is 30.0 Å². The molecule has 4 N–H and O–H groups in total. The van der Waals surface area contributed by atoms with Crippen LogP contribution in [0.25, 0.3) is 10.4 Å². The predicted octanol–water partition coefficient (Wildman–Crippen LogP) is 5.59. The minimum Gasteiger partial charge on any atom is -0.379 e. The molecule has 0 atom stereocenters. The lowest BCUT2D eigenvalue weighted by Crippen LogP contribution is -2.27. The predicted molar refractivity (Wildman–Crippen MR) is 206 cm³/mol. The number of ether oxygens (including phenoxy) is 4. The Labute approximate surface area is 319 Å². The molecule has 0 saturated carbocycles. The van der Waals surface area contributed by atoms with Gasteiger partial charge in [0.05, 0.1) is 46.2 Å². The Kier molecular flexibility index (Phi) is 19.4. The van der Waals surface area contributed by atoms with Crippen molar-refractivity contribution in [2.24, 2.45) is 5.11 Å². The Morgan fingerprint density at radius 2 is 1.29 bits per heavy atom. The summed E-state index contributed by atoms with van der Waals surface area (Å²) in [6.07, 6.45) is 1.70. The highest BCUT2D eigenvalue weighted by Gasteiger charge is 2.10. The maximum atomic E-state index is 13.3. The van der Waals surface area contributed by atoms with Crippen LogP contribution in [-0.4, -0.2) is 106 Å². The van der Waals surface area contributed by atoms with Crippen molar-refractivity contribution in [3.05, 3.63) is 112 Å². The van der Waals surface area contributed by atoms with E-state index in [9.17, 15) is 14.0 Å². The van der Waals surface area contributed by atoms with Gasteiger partial charge in [-0.25, -0.2) is 4.39 Å². The highest BCUT2D eigenvalue weighted by molar-refractivity contribution is 5.96. The van der Waals surface area contributed by atoms with Crippen LogP contribution in [0.5, 0.6) is 0 Å². The Morgan fingerprint density at radius 1 is 0.673 bits per heavy atom. The van der Waals surface area contributed by atoms with Crippen molar-refractivity contribution in [1.29, 1.82) is 0 Å². The number of nitrogens with one attached hydrogen (secondary N) is 4.